The lowest BCUT2D eigenvalue weighted by Gasteiger charge is -2.19. The number of rotatable bonds is 3. The molecule has 0 fully saturated rings. The Morgan fingerprint density at radius 3 is 2.85 bits per heavy atom. The van der Waals surface area contributed by atoms with Crippen molar-refractivity contribution in [3.63, 3.8) is 0 Å². The molecule has 2 aromatic rings. The van der Waals surface area contributed by atoms with E-state index in [1.165, 1.54) is 18.1 Å². The molecule has 2 aromatic carbocycles. The Labute approximate surface area is 121 Å². The van der Waals surface area contributed by atoms with Gasteiger partial charge in [0.25, 0.3) is 0 Å². The Bertz CT molecular complexity index is 630. The zero-order chi connectivity index (χ0) is 14.1. The van der Waals surface area contributed by atoms with Gasteiger partial charge in [-0.25, -0.2) is 4.39 Å². The second kappa shape index (κ2) is 5.46. The van der Waals surface area contributed by atoms with E-state index in [4.69, 9.17) is 4.74 Å². The highest BCUT2D eigenvalue weighted by atomic mass is 32.2. The zero-order valence-corrected chi connectivity index (χ0v) is 11.9. The molecule has 0 aromatic heterocycles. The van der Waals surface area contributed by atoms with Gasteiger partial charge < -0.3 is 9.84 Å². The lowest BCUT2D eigenvalue weighted by Crippen LogP contribution is -2.10. The number of aliphatic hydroxyl groups is 1. The van der Waals surface area contributed by atoms with E-state index in [1.54, 1.807) is 23.9 Å². The highest BCUT2D eigenvalue weighted by Gasteiger charge is 2.30. The average molecular weight is 290 g/mol. The molecule has 3 rings (SSSR count). The highest BCUT2D eigenvalue weighted by molar-refractivity contribution is 7.99. The summed E-state index contributed by atoms with van der Waals surface area (Å²) < 4.78 is 18.7. The summed E-state index contributed by atoms with van der Waals surface area (Å²) in [7, 11) is 1.43. The molecular weight excluding hydrogens is 275 g/mol. The minimum atomic E-state index is -0.702. The summed E-state index contributed by atoms with van der Waals surface area (Å²) in [5.41, 5.74) is 1.73. The van der Waals surface area contributed by atoms with E-state index in [1.807, 2.05) is 18.2 Å². The van der Waals surface area contributed by atoms with Gasteiger partial charge in [-0.15, -0.1) is 11.8 Å². The van der Waals surface area contributed by atoms with Crippen LogP contribution in [-0.2, 0) is 0 Å². The smallest absolute Gasteiger partial charge is 0.165 e. The topological polar surface area (TPSA) is 29.5 Å². The van der Waals surface area contributed by atoms with Gasteiger partial charge in [0.05, 0.1) is 13.2 Å². The SMILES string of the molecule is COc1ccc(C(O)C2CSc3ccccc32)cc1F. The molecule has 0 aliphatic carbocycles. The molecule has 1 N–H and O–H groups in total. The maximum Gasteiger partial charge on any atom is 0.165 e. The van der Waals surface area contributed by atoms with Crippen molar-refractivity contribution in [2.75, 3.05) is 12.9 Å². The maximum atomic E-state index is 13.8. The molecule has 2 atom stereocenters. The van der Waals surface area contributed by atoms with E-state index in [0.717, 1.165) is 11.3 Å². The number of thioether (sulfide) groups is 1. The van der Waals surface area contributed by atoms with Gasteiger partial charge in [0, 0.05) is 16.6 Å². The summed E-state index contributed by atoms with van der Waals surface area (Å²) in [5, 5.41) is 10.5. The normalized spacial score (nSPS) is 18.6. The Balaban J connectivity index is 1.90. The first kappa shape index (κ1) is 13.5. The zero-order valence-electron chi connectivity index (χ0n) is 11.0. The molecule has 4 heteroatoms. The second-order valence-electron chi connectivity index (χ2n) is 4.79. The van der Waals surface area contributed by atoms with Crippen molar-refractivity contribution in [1.29, 1.82) is 0 Å². The highest BCUT2D eigenvalue weighted by Crippen LogP contribution is 2.45. The van der Waals surface area contributed by atoms with Crippen LogP contribution in [0.3, 0.4) is 0 Å². The number of benzene rings is 2. The number of aliphatic hydroxyl groups excluding tert-OH is 1. The van der Waals surface area contributed by atoms with Crippen LogP contribution in [-0.4, -0.2) is 18.0 Å². The quantitative estimate of drug-likeness (QED) is 0.933. The molecule has 104 valence electrons. The molecule has 0 spiro atoms. The fraction of sp³-hybridized carbons (Fsp3) is 0.250. The summed E-state index contributed by atoms with van der Waals surface area (Å²) >= 11 is 1.73. The number of methoxy groups -OCH3 is 1. The molecule has 1 heterocycles. The van der Waals surface area contributed by atoms with Gasteiger partial charge in [-0.05, 0) is 29.3 Å². The largest absolute Gasteiger partial charge is 0.494 e. The van der Waals surface area contributed by atoms with Crippen molar-refractivity contribution in [1.82, 2.24) is 0 Å². The Hall–Kier alpha value is -1.52. The van der Waals surface area contributed by atoms with Crippen molar-refractivity contribution in [3.8, 4) is 5.75 Å². The van der Waals surface area contributed by atoms with E-state index >= 15 is 0 Å². The molecule has 0 saturated carbocycles. The molecular formula is C16H15FO2S. The maximum absolute atomic E-state index is 13.8. The molecule has 0 saturated heterocycles. The van der Waals surface area contributed by atoms with Gasteiger partial charge >= 0.3 is 0 Å². The fourth-order valence-electron chi connectivity index (χ4n) is 2.55. The summed E-state index contributed by atoms with van der Waals surface area (Å²) in [6, 6.07) is 12.7. The van der Waals surface area contributed by atoms with Gasteiger partial charge in [0.1, 0.15) is 0 Å². The third-order valence-corrected chi connectivity index (χ3v) is 4.84. The monoisotopic (exact) mass is 290 g/mol. The standard InChI is InChI=1S/C16H15FO2S/c1-19-14-7-6-10(8-13(14)17)16(18)12-9-20-15-5-3-2-4-11(12)15/h2-8,12,16,18H,9H2,1H3. The predicted octanol–water partition coefficient (Wildman–Crippen LogP) is 3.76. The van der Waals surface area contributed by atoms with Crippen LogP contribution >= 0.6 is 11.8 Å². The summed E-state index contributed by atoms with van der Waals surface area (Å²) in [5.74, 6) is 0.572. The molecule has 0 bridgehead atoms. The van der Waals surface area contributed by atoms with Crippen LogP contribution in [0.2, 0.25) is 0 Å². The molecule has 0 amide bonds. The van der Waals surface area contributed by atoms with Gasteiger partial charge in [-0.1, -0.05) is 24.3 Å². The first-order valence-electron chi connectivity index (χ1n) is 6.44. The minimum absolute atomic E-state index is 0.00370. The van der Waals surface area contributed by atoms with E-state index in [0.29, 0.717) is 5.56 Å². The lowest BCUT2D eigenvalue weighted by atomic mass is 9.91. The third-order valence-electron chi connectivity index (χ3n) is 3.64. The number of hydrogen-bond acceptors (Lipinski definition) is 3. The van der Waals surface area contributed by atoms with Crippen LogP contribution < -0.4 is 4.74 Å². The Kier molecular flexibility index (Phi) is 3.68. The molecule has 20 heavy (non-hydrogen) atoms. The molecule has 2 nitrogen and oxygen atoms in total. The van der Waals surface area contributed by atoms with Crippen LogP contribution in [0.25, 0.3) is 0 Å². The summed E-state index contributed by atoms with van der Waals surface area (Å²) in [4.78, 5) is 1.20. The number of ether oxygens (including phenoxy) is 1. The first-order valence-corrected chi connectivity index (χ1v) is 7.42. The van der Waals surface area contributed by atoms with E-state index in [-0.39, 0.29) is 11.7 Å². The van der Waals surface area contributed by atoms with E-state index < -0.39 is 11.9 Å². The summed E-state index contributed by atoms with van der Waals surface area (Å²) in [6.07, 6.45) is -0.702. The van der Waals surface area contributed by atoms with Crippen LogP contribution in [0.5, 0.6) is 5.75 Å². The number of halogens is 1. The average Bonchev–Trinajstić information content (AvgIpc) is 2.90. The van der Waals surface area contributed by atoms with E-state index in [9.17, 15) is 9.50 Å². The molecule has 2 unspecified atom stereocenters. The van der Waals surface area contributed by atoms with Gasteiger partial charge in [0.2, 0.25) is 0 Å². The molecule has 1 aliphatic rings. The van der Waals surface area contributed by atoms with Gasteiger partial charge in [-0.3, -0.25) is 0 Å². The number of hydrogen-bond donors (Lipinski definition) is 1. The van der Waals surface area contributed by atoms with Gasteiger partial charge in [-0.2, -0.15) is 0 Å². The van der Waals surface area contributed by atoms with Gasteiger partial charge in [0.15, 0.2) is 11.6 Å². The van der Waals surface area contributed by atoms with Crippen LogP contribution in [0.15, 0.2) is 47.4 Å². The van der Waals surface area contributed by atoms with Crippen molar-refractivity contribution < 1.29 is 14.2 Å². The number of fused-ring (bicyclic) bond motifs is 1. The van der Waals surface area contributed by atoms with Crippen LogP contribution in [0.4, 0.5) is 4.39 Å². The Morgan fingerprint density at radius 1 is 1.30 bits per heavy atom. The van der Waals surface area contributed by atoms with Crippen molar-refractivity contribution in [3.05, 3.63) is 59.4 Å². The summed E-state index contributed by atoms with van der Waals surface area (Å²) in [6.45, 7) is 0. The van der Waals surface area contributed by atoms with Crippen molar-refractivity contribution in [2.24, 2.45) is 0 Å². The molecule has 1 aliphatic heterocycles. The Morgan fingerprint density at radius 2 is 2.10 bits per heavy atom. The predicted molar refractivity (Wildman–Crippen MR) is 77.8 cm³/mol. The van der Waals surface area contributed by atoms with Crippen LogP contribution in [0, 0.1) is 5.82 Å². The lowest BCUT2D eigenvalue weighted by molar-refractivity contribution is 0.153. The van der Waals surface area contributed by atoms with Crippen LogP contribution in [0.1, 0.15) is 23.1 Å². The van der Waals surface area contributed by atoms with Crippen molar-refractivity contribution in [2.45, 2.75) is 16.9 Å². The van der Waals surface area contributed by atoms with E-state index in [2.05, 4.69) is 6.07 Å². The minimum Gasteiger partial charge on any atom is -0.494 e. The third kappa shape index (κ3) is 2.30. The van der Waals surface area contributed by atoms with Crippen molar-refractivity contribution >= 4 is 11.8 Å². The molecule has 0 radical (unpaired) electrons. The fourth-order valence-corrected chi connectivity index (χ4v) is 3.83. The second-order valence-corrected chi connectivity index (χ2v) is 5.86. The first-order chi connectivity index (χ1) is 9.70.